The number of carbonyl (C=O) groups excluding carboxylic acids is 1. The van der Waals surface area contributed by atoms with Crippen LogP contribution in [0.1, 0.15) is 49.4 Å². The summed E-state index contributed by atoms with van der Waals surface area (Å²) in [5.41, 5.74) is 2.94. The van der Waals surface area contributed by atoms with Crippen LogP contribution in [0.3, 0.4) is 0 Å². The fourth-order valence-electron chi connectivity index (χ4n) is 1.51. The number of hydrogen-bond donors (Lipinski definition) is 2. The highest BCUT2D eigenvalue weighted by molar-refractivity contribution is 5.94. The van der Waals surface area contributed by atoms with Crippen LogP contribution in [0.4, 0.5) is 0 Å². The Morgan fingerprint density at radius 1 is 1.28 bits per heavy atom. The van der Waals surface area contributed by atoms with E-state index >= 15 is 0 Å². The molecule has 1 rings (SSSR count). The monoisotopic (exact) mass is 248 g/mol. The molecule has 0 saturated carbocycles. The molecule has 98 valence electrons. The Hall–Kier alpha value is -1.84. The van der Waals surface area contributed by atoms with Crippen molar-refractivity contribution in [3.63, 3.8) is 0 Å². The molecule has 0 bridgehead atoms. The van der Waals surface area contributed by atoms with Crippen molar-refractivity contribution in [3.8, 4) is 5.75 Å². The van der Waals surface area contributed by atoms with Crippen LogP contribution in [-0.4, -0.2) is 17.2 Å². The standard InChI is InChI=1S/C14H20N2O2/c1-2-3-4-5-6-11-15-16-14(18)12-7-9-13(17)10-8-12/h7-11,17H,2-6H2,1H3,(H,16,18)/b15-11+. The van der Waals surface area contributed by atoms with Gasteiger partial charge in [-0.25, -0.2) is 5.43 Å². The Morgan fingerprint density at radius 3 is 2.67 bits per heavy atom. The van der Waals surface area contributed by atoms with Gasteiger partial charge in [0.25, 0.3) is 5.91 Å². The summed E-state index contributed by atoms with van der Waals surface area (Å²) in [4.78, 5) is 11.6. The van der Waals surface area contributed by atoms with Crippen LogP contribution in [0.25, 0.3) is 0 Å². The maximum Gasteiger partial charge on any atom is 0.271 e. The van der Waals surface area contributed by atoms with Crippen LogP contribution in [0.2, 0.25) is 0 Å². The molecule has 0 spiro atoms. The summed E-state index contributed by atoms with van der Waals surface area (Å²) >= 11 is 0. The van der Waals surface area contributed by atoms with Gasteiger partial charge in [0, 0.05) is 11.8 Å². The summed E-state index contributed by atoms with van der Waals surface area (Å²) in [6.07, 6.45) is 7.38. The van der Waals surface area contributed by atoms with Crippen molar-refractivity contribution in [3.05, 3.63) is 29.8 Å². The smallest absolute Gasteiger partial charge is 0.271 e. The third kappa shape index (κ3) is 5.48. The number of unbranched alkanes of at least 4 members (excludes halogenated alkanes) is 4. The van der Waals surface area contributed by atoms with Crippen molar-refractivity contribution in [2.45, 2.75) is 39.0 Å². The molecule has 1 aromatic carbocycles. The van der Waals surface area contributed by atoms with E-state index in [1.807, 2.05) is 0 Å². The van der Waals surface area contributed by atoms with Crippen LogP contribution in [-0.2, 0) is 0 Å². The maximum atomic E-state index is 11.6. The molecule has 1 amide bonds. The van der Waals surface area contributed by atoms with Gasteiger partial charge in [0.1, 0.15) is 5.75 Å². The van der Waals surface area contributed by atoms with Crippen LogP contribution in [0.15, 0.2) is 29.4 Å². The molecule has 4 heteroatoms. The molecule has 18 heavy (non-hydrogen) atoms. The third-order valence-electron chi connectivity index (χ3n) is 2.57. The van der Waals surface area contributed by atoms with Gasteiger partial charge in [-0.3, -0.25) is 4.79 Å². The number of aromatic hydroxyl groups is 1. The van der Waals surface area contributed by atoms with E-state index in [1.165, 1.54) is 31.4 Å². The molecule has 0 radical (unpaired) electrons. The van der Waals surface area contributed by atoms with E-state index in [4.69, 9.17) is 5.11 Å². The molecule has 0 aromatic heterocycles. The Labute approximate surface area is 108 Å². The van der Waals surface area contributed by atoms with Gasteiger partial charge < -0.3 is 5.11 Å². The third-order valence-corrected chi connectivity index (χ3v) is 2.57. The first kappa shape index (κ1) is 14.2. The van der Waals surface area contributed by atoms with Gasteiger partial charge in [-0.2, -0.15) is 5.10 Å². The van der Waals surface area contributed by atoms with Crippen LogP contribution < -0.4 is 5.43 Å². The molecule has 0 atom stereocenters. The van der Waals surface area contributed by atoms with Gasteiger partial charge >= 0.3 is 0 Å². The highest BCUT2D eigenvalue weighted by atomic mass is 16.3. The quantitative estimate of drug-likeness (QED) is 0.442. The first-order valence-electron chi connectivity index (χ1n) is 6.35. The molecule has 0 aliphatic heterocycles. The number of nitrogens with zero attached hydrogens (tertiary/aromatic N) is 1. The van der Waals surface area contributed by atoms with Crippen molar-refractivity contribution in [1.82, 2.24) is 5.43 Å². The second kappa shape index (κ2) is 8.28. The molecule has 1 aromatic rings. The molecule has 2 N–H and O–H groups in total. The average Bonchev–Trinajstić information content (AvgIpc) is 2.38. The molecule has 0 fully saturated rings. The first-order valence-corrected chi connectivity index (χ1v) is 6.35. The summed E-state index contributed by atoms with van der Waals surface area (Å²) in [6, 6.07) is 6.07. The SMILES string of the molecule is CCCCCC/C=N/NC(=O)c1ccc(O)cc1. The van der Waals surface area contributed by atoms with Crippen molar-refractivity contribution >= 4 is 12.1 Å². The van der Waals surface area contributed by atoms with E-state index in [2.05, 4.69) is 17.5 Å². The number of nitrogens with one attached hydrogen (secondary N) is 1. The number of rotatable bonds is 7. The van der Waals surface area contributed by atoms with Gasteiger partial charge in [-0.15, -0.1) is 0 Å². The molecule has 4 nitrogen and oxygen atoms in total. The zero-order valence-electron chi connectivity index (χ0n) is 10.7. The van der Waals surface area contributed by atoms with Crippen molar-refractivity contribution in [2.24, 2.45) is 5.10 Å². The predicted octanol–water partition coefficient (Wildman–Crippen LogP) is 3.08. The Bertz CT molecular complexity index is 385. The summed E-state index contributed by atoms with van der Waals surface area (Å²) in [6.45, 7) is 2.17. The highest BCUT2D eigenvalue weighted by Gasteiger charge is 2.02. The molecule has 0 saturated heterocycles. The molecule has 0 unspecified atom stereocenters. The summed E-state index contributed by atoms with van der Waals surface area (Å²) in [5, 5.41) is 13.0. The summed E-state index contributed by atoms with van der Waals surface area (Å²) in [5.74, 6) is -0.120. The van der Waals surface area contributed by atoms with Gasteiger partial charge in [-0.1, -0.05) is 26.2 Å². The van der Waals surface area contributed by atoms with Gasteiger partial charge in [0.05, 0.1) is 0 Å². The van der Waals surface area contributed by atoms with E-state index in [0.29, 0.717) is 5.56 Å². The van der Waals surface area contributed by atoms with E-state index in [9.17, 15) is 4.79 Å². The van der Waals surface area contributed by atoms with E-state index in [0.717, 1.165) is 12.8 Å². The van der Waals surface area contributed by atoms with Gasteiger partial charge in [0.2, 0.25) is 0 Å². The molecular weight excluding hydrogens is 228 g/mol. The fourth-order valence-corrected chi connectivity index (χ4v) is 1.51. The minimum Gasteiger partial charge on any atom is -0.508 e. The number of phenolic OH excluding ortho intramolecular Hbond substituents is 1. The molecule has 0 aliphatic carbocycles. The minimum atomic E-state index is -0.264. The lowest BCUT2D eigenvalue weighted by molar-refractivity contribution is 0.0955. The number of carbonyl (C=O) groups is 1. The minimum absolute atomic E-state index is 0.144. The second-order valence-corrected chi connectivity index (χ2v) is 4.15. The van der Waals surface area contributed by atoms with Crippen LogP contribution in [0.5, 0.6) is 5.75 Å². The maximum absolute atomic E-state index is 11.6. The van der Waals surface area contributed by atoms with E-state index < -0.39 is 0 Å². The van der Waals surface area contributed by atoms with Crippen molar-refractivity contribution in [1.29, 1.82) is 0 Å². The summed E-state index contributed by atoms with van der Waals surface area (Å²) < 4.78 is 0. The summed E-state index contributed by atoms with van der Waals surface area (Å²) in [7, 11) is 0. The van der Waals surface area contributed by atoms with Gasteiger partial charge in [-0.05, 0) is 37.1 Å². The van der Waals surface area contributed by atoms with Gasteiger partial charge in [0.15, 0.2) is 0 Å². The number of phenols is 1. The Morgan fingerprint density at radius 2 is 2.00 bits per heavy atom. The Kier molecular flexibility index (Phi) is 6.54. The number of hydrogen-bond acceptors (Lipinski definition) is 3. The normalized spacial score (nSPS) is 10.7. The molecule has 0 heterocycles. The van der Waals surface area contributed by atoms with Crippen LogP contribution in [0, 0.1) is 0 Å². The zero-order chi connectivity index (χ0) is 13.2. The molecule has 0 aliphatic rings. The highest BCUT2D eigenvalue weighted by Crippen LogP contribution is 2.09. The van der Waals surface area contributed by atoms with Crippen molar-refractivity contribution in [2.75, 3.05) is 0 Å². The zero-order valence-corrected chi connectivity index (χ0v) is 10.7. The largest absolute Gasteiger partial charge is 0.508 e. The lowest BCUT2D eigenvalue weighted by Gasteiger charge is -1.99. The van der Waals surface area contributed by atoms with Crippen molar-refractivity contribution < 1.29 is 9.90 Å². The fraction of sp³-hybridized carbons (Fsp3) is 0.429. The van der Waals surface area contributed by atoms with E-state index in [1.54, 1.807) is 18.3 Å². The second-order valence-electron chi connectivity index (χ2n) is 4.15. The lowest BCUT2D eigenvalue weighted by Crippen LogP contribution is -2.17. The van der Waals surface area contributed by atoms with Crippen LogP contribution >= 0.6 is 0 Å². The predicted molar refractivity (Wildman–Crippen MR) is 72.8 cm³/mol. The number of hydrazone groups is 1. The first-order chi connectivity index (χ1) is 8.74. The van der Waals surface area contributed by atoms with E-state index in [-0.39, 0.29) is 11.7 Å². The topological polar surface area (TPSA) is 61.7 Å². The Balaban J connectivity index is 2.24. The molecular formula is C14H20N2O2. The lowest BCUT2D eigenvalue weighted by atomic mass is 10.2. The number of amides is 1. The average molecular weight is 248 g/mol. The number of benzene rings is 1.